The lowest BCUT2D eigenvalue weighted by molar-refractivity contribution is -0.152. The van der Waals surface area contributed by atoms with Crippen LogP contribution >= 0.6 is 15.9 Å². The molecule has 1 unspecified atom stereocenters. The highest BCUT2D eigenvalue weighted by molar-refractivity contribution is 9.10. The van der Waals surface area contributed by atoms with E-state index in [4.69, 9.17) is 0 Å². The Hall–Kier alpha value is -0.940. The maximum atomic E-state index is 11.1. The second-order valence-corrected chi connectivity index (χ2v) is 3.90. The maximum Gasteiger partial charge on any atom is 0.335 e. The number of ether oxygens (including phenoxy) is 1. The topological polar surface area (TPSA) is 59.4 Å². The Kier molecular flexibility index (Phi) is 4.71. The summed E-state index contributed by atoms with van der Waals surface area (Å²) in [5, 5.41) is 9.48. The number of aliphatic hydroxyl groups is 1. The van der Waals surface area contributed by atoms with Crippen molar-refractivity contribution < 1.29 is 14.6 Å². The van der Waals surface area contributed by atoms with Gasteiger partial charge in [-0.05, 0) is 34.5 Å². The van der Waals surface area contributed by atoms with Gasteiger partial charge in [0, 0.05) is 23.3 Å². The molecule has 0 aliphatic carbocycles. The highest BCUT2D eigenvalue weighted by Gasteiger charge is 2.16. The minimum Gasteiger partial charge on any atom is -0.464 e. The van der Waals surface area contributed by atoms with Gasteiger partial charge in [-0.1, -0.05) is 0 Å². The molecule has 0 aliphatic heterocycles. The predicted molar refractivity (Wildman–Crippen MR) is 58.3 cm³/mol. The molecule has 0 amide bonds. The van der Waals surface area contributed by atoms with E-state index in [9.17, 15) is 9.90 Å². The fourth-order valence-corrected chi connectivity index (χ4v) is 1.52. The van der Waals surface area contributed by atoms with Crippen molar-refractivity contribution in [3.05, 3.63) is 28.5 Å². The maximum absolute atomic E-state index is 11.1. The molecule has 1 aromatic heterocycles. The van der Waals surface area contributed by atoms with Crippen molar-refractivity contribution in [3.63, 3.8) is 0 Å². The molecule has 0 bridgehead atoms. The van der Waals surface area contributed by atoms with Crippen LogP contribution in [0.25, 0.3) is 0 Å². The first-order chi connectivity index (χ1) is 7.13. The zero-order valence-corrected chi connectivity index (χ0v) is 9.90. The molecule has 1 rings (SSSR count). The van der Waals surface area contributed by atoms with Crippen LogP contribution in [0.5, 0.6) is 0 Å². The number of carbonyl (C=O) groups is 1. The zero-order valence-electron chi connectivity index (χ0n) is 8.31. The molecule has 1 aromatic rings. The summed E-state index contributed by atoms with van der Waals surface area (Å²) in [5.41, 5.74) is 0.782. The largest absolute Gasteiger partial charge is 0.464 e. The van der Waals surface area contributed by atoms with Gasteiger partial charge in [-0.15, -0.1) is 0 Å². The molecule has 0 fully saturated rings. The van der Waals surface area contributed by atoms with Crippen LogP contribution in [0, 0.1) is 0 Å². The van der Waals surface area contributed by atoms with Crippen molar-refractivity contribution in [1.29, 1.82) is 0 Å². The van der Waals surface area contributed by atoms with E-state index >= 15 is 0 Å². The Bertz CT molecular complexity index is 343. The molecule has 0 aliphatic rings. The van der Waals surface area contributed by atoms with Gasteiger partial charge in [0.1, 0.15) is 0 Å². The standard InChI is InChI=1S/C10H12BrNO3/c1-2-15-10(14)9(13)4-7-3-8(11)6-12-5-7/h3,5-6,9,13H,2,4H2,1H3. The Morgan fingerprint density at radius 3 is 3.00 bits per heavy atom. The van der Waals surface area contributed by atoms with E-state index in [0.717, 1.165) is 10.0 Å². The van der Waals surface area contributed by atoms with Gasteiger partial charge in [0.2, 0.25) is 0 Å². The van der Waals surface area contributed by atoms with Crippen LogP contribution in [0.15, 0.2) is 22.9 Å². The number of esters is 1. The van der Waals surface area contributed by atoms with Crippen molar-refractivity contribution in [3.8, 4) is 0 Å². The highest BCUT2D eigenvalue weighted by Crippen LogP contribution is 2.11. The molecular formula is C10H12BrNO3. The van der Waals surface area contributed by atoms with E-state index in [1.165, 1.54) is 0 Å². The molecule has 0 radical (unpaired) electrons. The van der Waals surface area contributed by atoms with Crippen LogP contribution in [-0.2, 0) is 16.0 Å². The van der Waals surface area contributed by atoms with Gasteiger partial charge in [-0.25, -0.2) is 4.79 Å². The molecular weight excluding hydrogens is 262 g/mol. The highest BCUT2D eigenvalue weighted by atomic mass is 79.9. The number of hydrogen-bond acceptors (Lipinski definition) is 4. The lowest BCUT2D eigenvalue weighted by atomic mass is 10.1. The summed E-state index contributed by atoms with van der Waals surface area (Å²) in [6.45, 7) is 1.97. The Morgan fingerprint density at radius 2 is 2.40 bits per heavy atom. The molecule has 15 heavy (non-hydrogen) atoms. The Balaban J connectivity index is 2.58. The third kappa shape index (κ3) is 3.97. The number of aromatic nitrogens is 1. The first kappa shape index (κ1) is 12.1. The van der Waals surface area contributed by atoms with E-state index in [1.807, 2.05) is 0 Å². The molecule has 1 N–H and O–H groups in total. The smallest absolute Gasteiger partial charge is 0.335 e. The van der Waals surface area contributed by atoms with Crippen molar-refractivity contribution >= 4 is 21.9 Å². The average molecular weight is 274 g/mol. The molecule has 4 nitrogen and oxygen atoms in total. The van der Waals surface area contributed by atoms with Crippen LogP contribution in [0.3, 0.4) is 0 Å². The summed E-state index contributed by atoms with van der Waals surface area (Å²) in [7, 11) is 0. The first-order valence-corrected chi connectivity index (χ1v) is 5.37. The van der Waals surface area contributed by atoms with Gasteiger partial charge in [0.05, 0.1) is 6.61 Å². The number of pyridine rings is 1. The second kappa shape index (κ2) is 5.82. The predicted octanol–water partition coefficient (Wildman–Crippen LogP) is 1.31. The van der Waals surface area contributed by atoms with Crippen molar-refractivity contribution in [2.45, 2.75) is 19.4 Å². The van der Waals surface area contributed by atoms with Gasteiger partial charge in [0.25, 0.3) is 0 Å². The number of hydrogen-bond donors (Lipinski definition) is 1. The zero-order chi connectivity index (χ0) is 11.3. The number of rotatable bonds is 4. The Morgan fingerprint density at radius 1 is 1.67 bits per heavy atom. The summed E-state index contributed by atoms with van der Waals surface area (Å²) >= 11 is 3.26. The minimum atomic E-state index is -1.12. The normalized spacial score (nSPS) is 12.2. The molecule has 0 saturated carbocycles. The second-order valence-electron chi connectivity index (χ2n) is 2.98. The summed E-state index contributed by atoms with van der Waals surface area (Å²) in [4.78, 5) is 15.1. The summed E-state index contributed by atoms with van der Waals surface area (Å²) in [6, 6.07) is 1.80. The van der Waals surface area contributed by atoms with E-state index in [-0.39, 0.29) is 13.0 Å². The molecule has 0 aromatic carbocycles. The van der Waals surface area contributed by atoms with Crippen molar-refractivity contribution in [2.75, 3.05) is 6.61 Å². The van der Waals surface area contributed by atoms with Crippen molar-refractivity contribution in [1.82, 2.24) is 4.98 Å². The summed E-state index contributed by atoms with van der Waals surface area (Å²) < 4.78 is 5.50. The van der Waals surface area contributed by atoms with E-state index in [0.29, 0.717) is 0 Å². The SMILES string of the molecule is CCOC(=O)C(O)Cc1cncc(Br)c1. The molecule has 5 heteroatoms. The molecule has 1 heterocycles. The van der Waals surface area contributed by atoms with Crippen LogP contribution in [0.2, 0.25) is 0 Å². The lowest BCUT2D eigenvalue weighted by Crippen LogP contribution is -2.25. The van der Waals surface area contributed by atoms with Gasteiger partial charge >= 0.3 is 5.97 Å². The summed E-state index contributed by atoms with van der Waals surface area (Å²) in [6.07, 6.45) is 2.33. The van der Waals surface area contributed by atoms with E-state index in [1.54, 1.807) is 25.4 Å². The molecule has 0 saturated heterocycles. The van der Waals surface area contributed by atoms with Crippen molar-refractivity contribution in [2.24, 2.45) is 0 Å². The number of carbonyl (C=O) groups excluding carboxylic acids is 1. The molecule has 0 spiro atoms. The van der Waals surface area contributed by atoms with Crippen LogP contribution < -0.4 is 0 Å². The first-order valence-electron chi connectivity index (χ1n) is 4.57. The minimum absolute atomic E-state index is 0.214. The van der Waals surface area contributed by atoms with Crippen LogP contribution in [0.4, 0.5) is 0 Å². The van der Waals surface area contributed by atoms with Gasteiger partial charge in [0.15, 0.2) is 6.10 Å². The monoisotopic (exact) mass is 273 g/mol. The number of aliphatic hydroxyl groups excluding tert-OH is 1. The van der Waals surface area contributed by atoms with Gasteiger partial charge in [-0.2, -0.15) is 0 Å². The van der Waals surface area contributed by atoms with Crippen LogP contribution in [0.1, 0.15) is 12.5 Å². The average Bonchev–Trinajstić information content (AvgIpc) is 2.18. The third-order valence-electron chi connectivity index (χ3n) is 1.75. The number of halogens is 1. The quantitative estimate of drug-likeness (QED) is 0.841. The fourth-order valence-electron chi connectivity index (χ4n) is 1.11. The summed E-state index contributed by atoms with van der Waals surface area (Å²) in [5.74, 6) is -0.600. The van der Waals surface area contributed by atoms with Crippen LogP contribution in [-0.4, -0.2) is 28.8 Å². The fraction of sp³-hybridized carbons (Fsp3) is 0.400. The van der Waals surface area contributed by atoms with E-state index in [2.05, 4.69) is 25.7 Å². The molecule has 82 valence electrons. The number of nitrogens with zero attached hydrogens (tertiary/aromatic N) is 1. The Labute approximate surface area is 96.4 Å². The van der Waals surface area contributed by atoms with Gasteiger partial charge < -0.3 is 9.84 Å². The third-order valence-corrected chi connectivity index (χ3v) is 2.18. The molecule has 1 atom stereocenters. The van der Waals surface area contributed by atoms with E-state index < -0.39 is 12.1 Å². The van der Waals surface area contributed by atoms with Gasteiger partial charge in [-0.3, -0.25) is 4.98 Å². The lowest BCUT2D eigenvalue weighted by Gasteiger charge is -2.09.